The zero-order valence-corrected chi connectivity index (χ0v) is 14.9. The number of ether oxygens (including phenoxy) is 1. The monoisotopic (exact) mass is 366 g/mol. The van der Waals surface area contributed by atoms with Crippen molar-refractivity contribution in [1.82, 2.24) is 17.9 Å². The van der Waals surface area contributed by atoms with Crippen LogP contribution in [0, 0.1) is 0 Å². The van der Waals surface area contributed by atoms with Gasteiger partial charge < -0.3 is 4.74 Å². The fraction of sp³-hybridized carbons (Fsp3) is 0.222. The van der Waals surface area contributed by atoms with E-state index in [1.165, 1.54) is 0 Å². The van der Waals surface area contributed by atoms with Crippen molar-refractivity contribution in [2.24, 2.45) is 14.1 Å². The molecule has 4 aromatic rings. The second-order valence-electron chi connectivity index (χ2n) is 6.49. The number of aromatic nitrogens is 4. The van der Waals surface area contributed by atoms with Crippen molar-refractivity contribution in [3.05, 3.63) is 51.9 Å². The summed E-state index contributed by atoms with van der Waals surface area (Å²) in [4.78, 5) is 24.4. The number of benzene rings is 2. The Balaban J connectivity index is 1.78. The molecule has 0 N–H and O–H groups in total. The molecular weight excluding hydrogens is 352 g/mol. The third kappa shape index (κ3) is 1.99. The average Bonchev–Trinajstić information content (AvgIpc) is 3.20. The lowest BCUT2D eigenvalue weighted by molar-refractivity contribution is -0.135. The molecule has 2 aromatic carbocycles. The minimum Gasteiger partial charge on any atom is -0.426 e. The van der Waals surface area contributed by atoms with Crippen LogP contribution in [0.25, 0.3) is 22.1 Å². The van der Waals surface area contributed by atoms with Gasteiger partial charge in [0, 0.05) is 25.6 Å². The standard InChI is InChI=1S/C18H14N4O3S/c1-21-12-5-3-9(7-13(12)22(2)18(21)24)10-8-15(23)25-14-6-4-11-17(16(10)14)20-26-19-11/h3-7,10H,8H2,1-2H3/t10-/m1/s1. The summed E-state index contributed by atoms with van der Waals surface area (Å²) < 4.78 is 17.4. The number of imidazole rings is 1. The molecule has 0 radical (unpaired) electrons. The maximum atomic E-state index is 12.2. The van der Waals surface area contributed by atoms with Crippen LogP contribution in [0.1, 0.15) is 23.5 Å². The van der Waals surface area contributed by atoms with Gasteiger partial charge in [-0.1, -0.05) is 6.07 Å². The van der Waals surface area contributed by atoms with Crippen LogP contribution >= 0.6 is 11.7 Å². The van der Waals surface area contributed by atoms with E-state index in [1.54, 1.807) is 29.3 Å². The van der Waals surface area contributed by atoms with E-state index < -0.39 is 0 Å². The normalized spacial score (nSPS) is 16.8. The molecule has 0 bridgehead atoms. The van der Waals surface area contributed by atoms with Crippen molar-refractivity contribution in [1.29, 1.82) is 0 Å². The quantitative estimate of drug-likeness (QED) is 0.382. The molecule has 1 atom stereocenters. The average molecular weight is 366 g/mol. The Bertz CT molecular complexity index is 1270. The third-order valence-electron chi connectivity index (χ3n) is 5.07. The highest BCUT2D eigenvalue weighted by Crippen LogP contribution is 2.42. The molecule has 5 rings (SSSR count). The number of carbonyl (C=O) groups excluding carboxylic acids is 1. The van der Waals surface area contributed by atoms with Gasteiger partial charge in [0.2, 0.25) is 0 Å². The summed E-state index contributed by atoms with van der Waals surface area (Å²) in [7, 11) is 3.50. The van der Waals surface area contributed by atoms with Crippen LogP contribution in [0.4, 0.5) is 0 Å². The lowest BCUT2D eigenvalue weighted by Gasteiger charge is -2.25. The van der Waals surface area contributed by atoms with Gasteiger partial charge in [0.05, 0.1) is 29.2 Å². The summed E-state index contributed by atoms with van der Waals surface area (Å²) in [6.07, 6.45) is 0.232. The van der Waals surface area contributed by atoms with Gasteiger partial charge in [-0.2, -0.15) is 8.75 Å². The minimum atomic E-state index is -0.271. The van der Waals surface area contributed by atoms with E-state index in [4.69, 9.17) is 4.74 Å². The molecule has 0 saturated carbocycles. The summed E-state index contributed by atoms with van der Waals surface area (Å²) in [6, 6.07) is 9.46. The summed E-state index contributed by atoms with van der Waals surface area (Å²) in [5.74, 6) is 0.0825. The van der Waals surface area contributed by atoms with Gasteiger partial charge in [-0.3, -0.25) is 13.9 Å². The molecule has 0 saturated heterocycles. The highest BCUT2D eigenvalue weighted by Gasteiger charge is 2.31. The molecule has 0 spiro atoms. The molecule has 8 heteroatoms. The lowest BCUT2D eigenvalue weighted by atomic mass is 9.85. The zero-order valence-electron chi connectivity index (χ0n) is 14.1. The number of esters is 1. The number of nitrogens with zero attached hydrogens (tertiary/aromatic N) is 4. The van der Waals surface area contributed by atoms with E-state index >= 15 is 0 Å². The Hall–Kier alpha value is -3.00. The number of rotatable bonds is 1. The van der Waals surface area contributed by atoms with E-state index in [2.05, 4.69) is 8.75 Å². The molecular formula is C18H14N4O3S. The Morgan fingerprint density at radius 3 is 2.73 bits per heavy atom. The first-order valence-electron chi connectivity index (χ1n) is 8.16. The summed E-state index contributed by atoms with van der Waals surface area (Å²) >= 11 is 1.14. The first kappa shape index (κ1) is 15.3. The van der Waals surface area contributed by atoms with Crippen molar-refractivity contribution in [3.63, 3.8) is 0 Å². The number of fused-ring (bicyclic) bond motifs is 4. The zero-order chi connectivity index (χ0) is 18.0. The predicted octanol–water partition coefficient (Wildman–Crippen LogP) is 2.32. The van der Waals surface area contributed by atoms with Gasteiger partial charge in [-0.05, 0) is 29.8 Å². The number of aryl methyl sites for hydroxylation is 2. The maximum Gasteiger partial charge on any atom is 0.328 e. The third-order valence-corrected chi connectivity index (χ3v) is 5.61. The van der Waals surface area contributed by atoms with E-state index in [1.807, 2.05) is 24.3 Å². The molecule has 130 valence electrons. The van der Waals surface area contributed by atoms with Gasteiger partial charge in [-0.15, -0.1) is 0 Å². The van der Waals surface area contributed by atoms with Crippen LogP contribution in [0.3, 0.4) is 0 Å². The number of hydrogen-bond donors (Lipinski definition) is 0. The second-order valence-corrected chi connectivity index (χ2v) is 7.02. The molecule has 1 aliphatic rings. The maximum absolute atomic E-state index is 12.2. The fourth-order valence-electron chi connectivity index (χ4n) is 3.74. The van der Waals surface area contributed by atoms with E-state index in [0.717, 1.165) is 44.9 Å². The molecule has 3 heterocycles. The van der Waals surface area contributed by atoms with Gasteiger partial charge in [0.1, 0.15) is 16.8 Å². The molecule has 0 fully saturated rings. The Kier molecular flexibility index (Phi) is 3.08. The minimum absolute atomic E-state index is 0.0771. The fourth-order valence-corrected chi connectivity index (χ4v) is 4.29. The predicted molar refractivity (Wildman–Crippen MR) is 97.7 cm³/mol. The van der Waals surface area contributed by atoms with Crippen LogP contribution in [-0.4, -0.2) is 23.9 Å². The van der Waals surface area contributed by atoms with Gasteiger partial charge in [0.15, 0.2) is 0 Å². The molecule has 1 aliphatic heterocycles. The van der Waals surface area contributed by atoms with E-state index in [0.29, 0.717) is 5.75 Å². The van der Waals surface area contributed by atoms with E-state index in [9.17, 15) is 9.59 Å². The van der Waals surface area contributed by atoms with Gasteiger partial charge >= 0.3 is 11.7 Å². The SMILES string of the molecule is Cn1c(=O)n(C)c2cc([C@H]3CC(=O)Oc4ccc5nsnc5c43)ccc21. The summed E-state index contributed by atoms with van der Waals surface area (Å²) in [5, 5.41) is 0. The highest BCUT2D eigenvalue weighted by atomic mass is 32.1. The second kappa shape index (κ2) is 5.25. The van der Waals surface area contributed by atoms with Crippen LogP contribution in [-0.2, 0) is 18.9 Å². The smallest absolute Gasteiger partial charge is 0.328 e. The van der Waals surface area contributed by atoms with E-state index in [-0.39, 0.29) is 24.0 Å². The first-order chi connectivity index (χ1) is 12.5. The Morgan fingerprint density at radius 1 is 1.08 bits per heavy atom. The first-order valence-corrected chi connectivity index (χ1v) is 8.89. The number of carbonyl (C=O) groups is 1. The largest absolute Gasteiger partial charge is 0.426 e. The molecule has 0 aliphatic carbocycles. The Morgan fingerprint density at radius 2 is 1.88 bits per heavy atom. The number of hydrogen-bond acceptors (Lipinski definition) is 6. The molecule has 26 heavy (non-hydrogen) atoms. The molecule has 7 nitrogen and oxygen atoms in total. The molecule has 2 aromatic heterocycles. The van der Waals surface area contributed by atoms with Gasteiger partial charge in [0.25, 0.3) is 0 Å². The molecule has 0 unspecified atom stereocenters. The topological polar surface area (TPSA) is 79.0 Å². The van der Waals surface area contributed by atoms with Crippen molar-refractivity contribution in [3.8, 4) is 5.75 Å². The van der Waals surface area contributed by atoms with Crippen molar-refractivity contribution in [2.45, 2.75) is 12.3 Å². The lowest BCUT2D eigenvalue weighted by Crippen LogP contribution is -2.21. The van der Waals surface area contributed by atoms with Crippen LogP contribution < -0.4 is 10.4 Å². The highest BCUT2D eigenvalue weighted by molar-refractivity contribution is 7.00. The molecule has 0 amide bonds. The summed E-state index contributed by atoms with van der Waals surface area (Å²) in [5.41, 5.74) is 5.02. The van der Waals surface area contributed by atoms with Crippen LogP contribution in [0.15, 0.2) is 35.1 Å². The summed E-state index contributed by atoms with van der Waals surface area (Å²) in [6.45, 7) is 0. The van der Waals surface area contributed by atoms with Crippen molar-refractivity contribution < 1.29 is 9.53 Å². The van der Waals surface area contributed by atoms with Crippen molar-refractivity contribution >= 4 is 39.8 Å². The van der Waals surface area contributed by atoms with Crippen molar-refractivity contribution in [2.75, 3.05) is 0 Å². The van der Waals surface area contributed by atoms with Crippen LogP contribution in [0.2, 0.25) is 0 Å². The van der Waals surface area contributed by atoms with Gasteiger partial charge in [-0.25, -0.2) is 4.79 Å². The Labute approximate surface area is 151 Å². The van der Waals surface area contributed by atoms with Crippen LogP contribution in [0.5, 0.6) is 5.75 Å².